The summed E-state index contributed by atoms with van der Waals surface area (Å²) >= 11 is 0. The number of aliphatic hydroxyl groups excluding tert-OH is 3. The van der Waals surface area contributed by atoms with Gasteiger partial charge >= 0.3 is 24.7 Å². The molecule has 4 aromatic heterocycles. The number of nitrogens with zero attached hydrogens (tertiary/aromatic N) is 4. The van der Waals surface area contributed by atoms with Crippen molar-refractivity contribution in [3.63, 3.8) is 0 Å². The van der Waals surface area contributed by atoms with E-state index in [1.807, 2.05) is 16.7 Å². The van der Waals surface area contributed by atoms with Crippen LogP contribution in [0.4, 0.5) is 93.0 Å². The molecule has 4 amide bonds. The Labute approximate surface area is 677 Å². The van der Waals surface area contributed by atoms with Crippen molar-refractivity contribution in [3.05, 3.63) is 118 Å². The van der Waals surface area contributed by atoms with Gasteiger partial charge in [-0.2, -0.15) is 52.7 Å². The van der Waals surface area contributed by atoms with Crippen molar-refractivity contribution in [3.8, 4) is 0 Å². The molecule has 4 aromatic carbocycles. The largest absolute Gasteiger partial charge is 0.449 e. The summed E-state index contributed by atoms with van der Waals surface area (Å²) in [5.41, 5.74) is -4.05. The fourth-order valence-corrected chi connectivity index (χ4v) is 17.6. The molecule has 0 saturated heterocycles. The third kappa shape index (κ3) is 19.8. The number of carbonyl (C=O) groups is 4. The molecule has 9 N–H and O–H groups in total. The van der Waals surface area contributed by atoms with Crippen LogP contribution in [0.25, 0.3) is 43.9 Å². The Morgan fingerprint density at radius 1 is 0.383 bits per heavy atom. The fourth-order valence-electron chi connectivity index (χ4n) is 17.6. The molecule has 120 heavy (non-hydrogen) atoms. The molecule has 4 fully saturated rings. The molecule has 0 radical (unpaired) electrons. The first kappa shape index (κ1) is 88.6. The first-order valence-electron chi connectivity index (χ1n) is 40.3. The first-order valence-corrected chi connectivity index (χ1v) is 40.3. The lowest BCUT2D eigenvalue weighted by atomic mass is 9.78. The van der Waals surface area contributed by atoms with E-state index in [1.54, 1.807) is 0 Å². The molecule has 0 atom stereocenters. The Morgan fingerprint density at radius 3 is 0.908 bits per heavy atom. The van der Waals surface area contributed by atoms with Crippen LogP contribution in [0.15, 0.2) is 90.5 Å². The van der Waals surface area contributed by atoms with Gasteiger partial charge in [0.25, 0.3) is 35.5 Å². The van der Waals surface area contributed by atoms with Gasteiger partial charge in [-0.3, -0.25) is 19.2 Å². The zero-order chi connectivity index (χ0) is 86.4. The Kier molecular flexibility index (Phi) is 25.8. The molecule has 16 rings (SSSR count). The number of benzene rings is 4. The zero-order valence-corrected chi connectivity index (χ0v) is 65.4. The summed E-state index contributed by atoms with van der Waals surface area (Å²) in [5.74, 6) is -9.33. The van der Waals surface area contributed by atoms with Gasteiger partial charge in [0.1, 0.15) is 22.3 Å². The molecular weight excluding hydrogens is 1620 g/mol. The molecular formula is C83H94F16N8O13. The molecule has 656 valence electrons. The maximum Gasteiger partial charge on any atom is 0.416 e. The van der Waals surface area contributed by atoms with E-state index in [1.165, 1.54) is 21.9 Å². The predicted octanol–water partition coefficient (Wildman–Crippen LogP) is 16.3. The summed E-state index contributed by atoms with van der Waals surface area (Å²) in [6.07, 6.45) is -8.79. The van der Waals surface area contributed by atoms with E-state index in [2.05, 4.69) is 21.3 Å². The maximum absolute atomic E-state index is 15.2. The number of alkyl halides is 16. The van der Waals surface area contributed by atoms with Gasteiger partial charge in [-0.25, -0.2) is 17.6 Å². The van der Waals surface area contributed by atoms with E-state index >= 15 is 17.6 Å². The van der Waals surface area contributed by atoms with Gasteiger partial charge in [0.2, 0.25) is 23.0 Å². The SMILES string of the molecule is CC1CCC(C(F)(F)CN2CCNC(=O)c3oc4ccc(C(F)(F)F)cc4c32)CC1.O=C1NCCN(CC(F)(F)C2CCC(O)CC2)c2c1oc1ccc(C(F)(F)F)cc21.O=C1NCCN(CCC2CCC(O)(CO)CC2)c2c1oc1ccc(C(F)(F)F)cc21.O=C1NCCN(CCC2CCC(O)(CO)CC2)c2c1oc1ccc(C(F)(F)F)cc21. The van der Waals surface area contributed by atoms with E-state index in [0.717, 1.165) is 112 Å². The number of fused-ring (bicyclic) bond motifs is 12. The molecule has 37 heteroatoms. The number of amides is 4. The maximum atomic E-state index is 15.2. The minimum absolute atomic E-state index is 0.00849. The quantitative estimate of drug-likeness (QED) is 0.0458. The van der Waals surface area contributed by atoms with Crippen molar-refractivity contribution < 1.29 is 133 Å². The summed E-state index contributed by atoms with van der Waals surface area (Å²) in [6.45, 7) is 3.18. The van der Waals surface area contributed by atoms with Gasteiger partial charge in [0.05, 0.1) is 88.6 Å². The number of hydrogen-bond donors (Lipinski definition) is 9. The van der Waals surface area contributed by atoms with Crippen molar-refractivity contribution in [1.29, 1.82) is 0 Å². The van der Waals surface area contributed by atoms with E-state index in [0.29, 0.717) is 107 Å². The van der Waals surface area contributed by atoms with Crippen LogP contribution in [0.3, 0.4) is 0 Å². The van der Waals surface area contributed by atoms with Gasteiger partial charge in [-0.1, -0.05) is 19.8 Å². The number of aliphatic hydroxyl groups is 5. The highest BCUT2D eigenvalue weighted by Crippen LogP contribution is 2.49. The lowest BCUT2D eigenvalue weighted by molar-refractivity contribution is -0.138. The van der Waals surface area contributed by atoms with Gasteiger partial charge in [-0.15, -0.1) is 0 Å². The molecule has 8 aromatic rings. The summed E-state index contributed by atoms with van der Waals surface area (Å²) in [4.78, 5) is 55.9. The van der Waals surface area contributed by atoms with E-state index < -0.39 is 125 Å². The van der Waals surface area contributed by atoms with Crippen LogP contribution < -0.4 is 40.9 Å². The average molecular weight is 1720 g/mol. The van der Waals surface area contributed by atoms with Gasteiger partial charge in [-0.05, 0) is 193 Å². The predicted molar refractivity (Wildman–Crippen MR) is 409 cm³/mol. The number of carbonyl (C=O) groups excluding carboxylic acids is 4. The molecule has 8 heterocycles. The highest BCUT2D eigenvalue weighted by Gasteiger charge is 2.48. The van der Waals surface area contributed by atoms with Gasteiger partial charge in [0.15, 0.2) is 0 Å². The Hall–Kier alpha value is -9.20. The van der Waals surface area contributed by atoms with Crippen LogP contribution in [0.5, 0.6) is 0 Å². The second-order valence-electron chi connectivity index (χ2n) is 33.0. The molecule has 8 aliphatic rings. The Bertz CT molecular complexity index is 4680. The van der Waals surface area contributed by atoms with Crippen LogP contribution in [-0.2, 0) is 24.7 Å². The minimum atomic E-state index is -4.62. The lowest BCUT2D eigenvalue weighted by Crippen LogP contribution is -2.45. The van der Waals surface area contributed by atoms with Crippen LogP contribution in [0, 0.1) is 29.6 Å². The standard InChI is InChI=1S/C21H23F5N2O2.2C21H25F3N2O4.C20H21F5N2O3/c1-12-2-4-13(5-3-12)20(22,23)11-28-9-8-27-19(29)18-17(28)15-10-14(21(24,25)26)6-7-16(15)30-18;2*22-21(23,24)14-1-2-16-15(11-14)17-18(30-16)19(28)25-8-10-26(17)9-5-13-3-6-20(29,12-27)7-4-13;21-19(22,11-1-4-13(28)5-2-11)10-27-8-7-26-18(29)17-16(27)14-9-12(20(23,24)25)3-6-15(14)30-17/h6-7,10,12-13H,2-5,8-9,11H2,1H3,(H,27,29);2*1-2,11,13,27,29H,3-10,12H2,(H,25,28);3,6,9,11,13,28H,1-2,4-5,7-8,10H2,(H,26,29). The highest BCUT2D eigenvalue weighted by atomic mass is 19.4. The van der Waals surface area contributed by atoms with Crippen LogP contribution in [0.1, 0.15) is 187 Å². The van der Waals surface area contributed by atoms with E-state index in [-0.39, 0.29) is 143 Å². The molecule has 0 unspecified atom stereocenters. The summed E-state index contributed by atoms with van der Waals surface area (Å²) in [6, 6.07) is 12.1. The third-order valence-corrected chi connectivity index (χ3v) is 24.7. The number of halogens is 16. The third-order valence-electron chi connectivity index (χ3n) is 24.7. The molecule has 4 aliphatic heterocycles. The van der Waals surface area contributed by atoms with Crippen molar-refractivity contribution >= 4 is 90.3 Å². The summed E-state index contributed by atoms with van der Waals surface area (Å²) in [5, 5.41) is 59.7. The smallest absolute Gasteiger partial charge is 0.416 e. The van der Waals surface area contributed by atoms with Crippen LogP contribution in [0.2, 0.25) is 0 Å². The fraction of sp³-hybridized carbons (Fsp3) is 0.566. The second-order valence-corrected chi connectivity index (χ2v) is 33.0. The summed E-state index contributed by atoms with van der Waals surface area (Å²) < 4.78 is 241. The normalized spacial score (nSPS) is 24.2. The minimum Gasteiger partial charge on any atom is -0.449 e. The Morgan fingerprint density at radius 2 is 0.642 bits per heavy atom. The zero-order valence-electron chi connectivity index (χ0n) is 65.4. The number of hydrogen-bond acceptors (Lipinski definition) is 17. The monoisotopic (exact) mass is 1710 g/mol. The Balaban J connectivity index is 0.000000138. The first-order chi connectivity index (χ1) is 56.5. The van der Waals surface area contributed by atoms with Gasteiger partial charge < -0.3 is 84.1 Å². The lowest BCUT2D eigenvalue weighted by Gasteiger charge is -2.36. The van der Waals surface area contributed by atoms with Crippen molar-refractivity contribution in [2.24, 2.45) is 29.6 Å². The van der Waals surface area contributed by atoms with Crippen LogP contribution in [-0.4, -0.2) is 170 Å². The molecule has 0 spiro atoms. The molecule has 21 nitrogen and oxygen atoms in total. The van der Waals surface area contributed by atoms with Gasteiger partial charge in [0, 0.05) is 98.8 Å². The number of rotatable bonds is 14. The van der Waals surface area contributed by atoms with Crippen molar-refractivity contribution in [1.82, 2.24) is 21.3 Å². The highest BCUT2D eigenvalue weighted by molar-refractivity contribution is 6.10. The van der Waals surface area contributed by atoms with E-state index in [9.17, 15) is 97.4 Å². The summed E-state index contributed by atoms with van der Waals surface area (Å²) in [7, 11) is 0. The van der Waals surface area contributed by atoms with Crippen molar-refractivity contribution in [2.45, 2.75) is 176 Å². The van der Waals surface area contributed by atoms with Crippen LogP contribution >= 0.6 is 0 Å². The number of anilines is 4. The number of nitrogens with one attached hydrogen (secondary N) is 4. The molecule has 4 saturated carbocycles. The topological polar surface area (TPSA) is 283 Å². The number of furan rings is 4. The molecule has 4 aliphatic carbocycles. The van der Waals surface area contributed by atoms with E-state index in [4.69, 9.17) is 17.7 Å². The average Bonchev–Trinajstić information content (AvgIpc) is 1.61. The molecule has 0 bridgehead atoms. The second kappa shape index (κ2) is 35.0. The van der Waals surface area contributed by atoms with Crippen molar-refractivity contribution in [2.75, 3.05) is 111 Å².